The van der Waals surface area contributed by atoms with E-state index in [4.69, 9.17) is 4.74 Å². The molecule has 0 saturated carbocycles. The number of rotatable bonds is 1. The molecule has 1 heterocycles. The normalized spacial score (nSPS) is 31.8. The average molecular weight is 177 g/mol. The fraction of sp³-hybridized carbons (Fsp3) is 0.455. The number of hydrogen-bond donors (Lipinski definition) is 1. The molecule has 0 bridgehead atoms. The van der Waals surface area contributed by atoms with Gasteiger partial charge in [0.1, 0.15) is 6.26 Å². The van der Waals surface area contributed by atoms with Crippen molar-refractivity contribution in [3.8, 4) is 0 Å². The first kappa shape index (κ1) is 8.42. The van der Waals surface area contributed by atoms with Gasteiger partial charge in [-0.3, -0.25) is 0 Å². The van der Waals surface area contributed by atoms with Gasteiger partial charge >= 0.3 is 0 Å². The van der Waals surface area contributed by atoms with Crippen molar-refractivity contribution in [3.63, 3.8) is 0 Å². The second kappa shape index (κ2) is 3.29. The largest absolute Gasteiger partial charge is 0.473 e. The molecule has 0 spiro atoms. The van der Waals surface area contributed by atoms with Crippen molar-refractivity contribution in [1.82, 2.24) is 5.32 Å². The zero-order chi connectivity index (χ0) is 9.26. The Bertz CT molecular complexity index is 288. The summed E-state index contributed by atoms with van der Waals surface area (Å²) in [4.78, 5) is 0. The smallest absolute Gasteiger partial charge is 0.191 e. The van der Waals surface area contributed by atoms with Crippen molar-refractivity contribution < 1.29 is 4.74 Å². The quantitative estimate of drug-likeness (QED) is 0.663. The number of ether oxygens (including phenoxy) is 1. The Morgan fingerprint density at radius 2 is 2.38 bits per heavy atom. The van der Waals surface area contributed by atoms with Crippen molar-refractivity contribution in [2.45, 2.75) is 26.5 Å². The van der Waals surface area contributed by atoms with E-state index < -0.39 is 0 Å². The summed E-state index contributed by atoms with van der Waals surface area (Å²) < 4.78 is 5.48. The van der Waals surface area contributed by atoms with Crippen LogP contribution < -0.4 is 5.32 Å². The SMILES string of the molecule is CC1=COC(C2=CC=CC(C)C2)N1. The van der Waals surface area contributed by atoms with Crippen LogP contribution in [0.1, 0.15) is 20.3 Å². The van der Waals surface area contributed by atoms with E-state index in [9.17, 15) is 0 Å². The Morgan fingerprint density at radius 3 is 3.00 bits per heavy atom. The summed E-state index contributed by atoms with van der Waals surface area (Å²) in [6.07, 6.45) is 9.43. The van der Waals surface area contributed by atoms with Gasteiger partial charge < -0.3 is 10.1 Å². The van der Waals surface area contributed by atoms with Gasteiger partial charge in [-0.05, 0) is 24.8 Å². The molecule has 2 atom stereocenters. The van der Waals surface area contributed by atoms with Crippen LogP contribution in [0.3, 0.4) is 0 Å². The predicted molar refractivity (Wildman–Crippen MR) is 52.8 cm³/mol. The van der Waals surface area contributed by atoms with Gasteiger partial charge in [-0.1, -0.05) is 25.2 Å². The second-order valence-corrected chi connectivity index (χ2v) is 3.77. The van der Waals surface area contributed by atoms with Crippen LogP contribution in [0.25, 0.3) is 0 Å². The van der Waals surface area contributed by atoms with E-state index in [1.807, 2.05) is 6.92 Å². The molecule has 0 fully saturated rings. The number of allylic oxidation sites excluding steroid dienone is 4. The third-order valence-electron chi connectivity index (χ3n) is 2.38. The van der Waals surface area contributed by atoms with Crippen molar-refractivity contribution in [2.75, 3.05) is 0 Å². The highest BCUT2D eigenvalue weighted by atomic mass is 16.5. The summed E-state index contributed by atoms with van der Waals surface area (Å²) in [5, 5.41) is 3.28. The lowest BCUT2D eigenvalue weighted by Crippen LogP contribution is -2.27. The Kier molecular flexibility index (Phi) is 2.13. The maximum absolute atomic E-state index is 5.48. The maximum Gasteiger partial charge on any atom is 0.191 e. The second-order valence-electron chi connectivity index (χ2n) is 3.77. The van der Waals surface area contributed by atoms with Gasteiger partial charge in [0.2, 0.25) is 0 Å². The molecule has 2 unspecified atom stereocenters. The summed E-state index contributed by atoms with van der Waals surface area (Å²) in [7, 11) is 0. The molecule has 0 saturated heterocycles. The fourth-order valence-electron chi connectivity index (χ4n) is 1.70. The lowest BCUT2D eigenvalue weighted by molar-refractivity contribution is 0.179. The van der Waals surface area contributed by atoms with E-state index in [1.165, 1.54) is 5.57 Å². The molecule has 2 nitrogen and oxygen atoms in total. The Balaban J connectivity index is 2.03. The first-order valence-electron chi connectivity index (χ1n) is 4.72. The van der Waals surface area contributed by atoms with Gasteiger partial charge in [-0.15, -0.1) is 0 Å². The topological polar surface area (TPSA) is 21.3 Å². The van der Waals surface area contributed by atoms with Gasteiger partial charge in [0.15, 0.2) is 6.23 Å². The van der Waals surface area contributed by atoms with Crippen LogP contribution >= 0.6 is 0 Å². The molecule has 13 heavy (non-hydrogen) atoms. The minimum atomic E-state index is 0.0763. The van der Waals surface area contributed by atoms with E-state index >= 15 is 0 Å². The summed E-state index contributed by atoms with van der Waals surface area (Å²) >= 11 is 0. The molecule has 0 amide bonds. The third kappa shape index (κ3) is 1.77. The van der Waals surface area contributed by atoms with Crippen molar-refractivity contribution in [3.05, 3.63) is 35.8 Å². The van der Waals surface area contributed by atoms with Crippen molar-refractivity contribution in [2.24, 2.45) is 5.92 Å². The lowest BCUT2D eigenvalue weighted by Gasteiger charge is -2.20. The molecule has 0 radical (unpaired) electrons. The highest BCUT2D eigenvalue weighted by molar-refractivity contribution is 5.24. The van der Waals surface area contributed by atoms with Crippen LogP contribution in [0.15, 0.2) is 35.8 Å². The molecule has 2 rings (SSSR count). The fourth-order valence-corrected chi connectivity index (χ4v) is 1.70. The standard InChI is InChI=1S/C11H15NO/c1-8-4-3-5-10(6-8)11-12-9(2)7-13-11/h3-5,7-8,11-12H,6H2,1-2H3. The van der Waals surface area contributed by atoms with Crippen molar-refractivity contribution in [1.29, 1.82) is 0 Å². The summed E-state index contributed by atoms with van der Waals surface area (Å²) in [5.74, 6) is 0.631. The lowest BCUT2D eigenvalue weighted by atomic mass is 9.95. The van der Waals surface area contributed by atoms with Gasteiger partial charge in [0.05, 0.1) is 0 Å². The Labute approximate surface area is 79.0 Å². The minimum absolute atomic E-state index is 0.0763. The molecule has 0 aromatic carbocycles. The zero-order valence-corrected chi connectivity index (χ0v) is 8.08. The molecule has 1 N–H and O–H groups in total. The molecule has 2 heteroatoms. The summed E-state index contributed by atoms with van der Waals surface area (Å²) in [5.41, 5.74) is 2.44. The summed E-state index contributed by atoms with van der Waals surface area (Å²) in [6, 6.07) is 0. The third-order valence-corrected chi connectivity index (χ3v) is 2.38. The van der Waals surface area contributed by atoms with Gasteiger partial charge in [-0.2, -0.15) is 0 Å². The average Bonchev–Trinajstić information content (AvgIpc) is 2.52. The molecule has 0 aromatic heterocycles. The van der Waals surface area contributed by atoms with Crippen LogP contribution in [-0.2, 0) is 4.74 Å². The van der Waals surface area contributed by atoms with E-state index in [1.54, 1.807) is 6.26 Å². The monoisotopic (exact) mass is 177 g/mol. The first-order valence-corrected chi connectivity index (χ1v) is 4.72. The van der Waals surface area contributed by atoms with E-state index in [0.717, 1.165) is 12.1 Å². The van der Waals surface area contributed by atoms with E-state index in [0.29, 0.717) is 5.92 Å². The van der Waals surface area contributed by atoms with Crippen molar-refractivity contribution >= 4 is 0 Å². The summed E-state index contributed by atoms with van der Waals surface area (Å²) in [6.45, 7) is 4.24. The highest BCUT2D eigenvalue weighted by Gasteiger charge is 2.21. The minimum Gasteiger partial charge on any atom is -0.473 e. The molecule has 2 aliphatic rings. The number of hydrogen-bond acceptors (Lipinski definition) is 2. The Morgan fingerprint density at radius 1 is 1.54 bits per heavy atom. The predicted octanol–water partition coefficient (Wildman–Crippen LogP) is 2.32. The maximum atomic E-state index is 5.48. The molecular formula is C11H15NO. The van der Waals surface area contributed by atoms with Crippen LogP contribution in [0.2, 0.25) is 0 Å². The highest BCUT2D eigenvalue weighted by Crippen LogP contribution is 2.23. The molecule has 1 aliphatic carbocycles. The van der Waals surface area contributed by atoms with Crippen LogP contribution in [-0.4, -0.2) is 6.23 Å². The number of nitrogens with one attached hydrogen (secondary N) is 1. The molecular weight excluding hydrogens is 162 g/mol. The van der Waals surface area contributed by atoms with E-state index in [2.05, 4.69) is 30.5 Å². The van der Waals surface area contributed by atoms with Crippen LogP contribution in [0.5, 0.6) is 0 Å². The first-order chi connectivity index (χ1) is 6.25. The van der Waals surface area contributed by atoms with Crippen LogP contribution in [0, 0.1) is 5.92 Å². The molecule has 0 aromatic rings. The molecule has 70 valence electrons. The van der Waals surface area contributed by atoms with E-state index in [-0.39, 0.29) is 6.23 Å². The molecule has 1 aliphatic heterocycles. The van der Waals surface area contributed by atoms with Gasteiger partial charge in [0.25, 0.3) is 0 Å². The Hall–Kier alpha value is -1.18. The van der Waals surface area contributed by atoms with Crippen LogP contribution in [0.4, 0.5) is 0 Å². The van der Waals surface area contributed by atoms with Gasteiger partial charge in [-0.25, -0.2) is 0 Å². The zero-order valence-electron chi connectivity index (χ0n) is 8.08. The van der Waals surface area contributed by atoms with Gasteiger partial charge in [0, 0.05) is 5.70 Å².